The van der Waals surface area contributed by atoms with Crippen molar-refractivity contribution in [1.29, 1.82) is 0 Å². The number of aromatic nitrogens is 3. The summed E-state index contributed by atoms with van der Waals surface area (Å²) in [6.45, 7) is 13.0. The normalized spacial score (nSPS) is 14.3. The second-order valence-corrected chi connectivity index (χ2v) is 8.41. The highest BCUT2D eigenvalue weighted by Crippen LogP contribution is 2.26. The van der Waals surface area contributed by atoms with Gasteiger partial charge in [0.25, 0.3) is 5.91 Å². The van der Waals surface area contributed by atoms with Gasteiger partial charge in [0.2, 0.25) is 5.16 Å². The summed E-state index contributed by atoms with van der Waals surface area (Å²) in [6, 6.07) is 8.06. The van der Waals surface area contributed by atoms with Gasteiger partial charge in [-0.15, -0.1) is 10.2 Å². The zero-order chi connectivity index (χ0) is 18.9. The van der Waals surface area contributed by atoms with Crippen LogP contribution in [0.4, 0.5) is 0 Å². The predicted octanol–water partition coefficient (Wildman–Crippen LogP) is 3.30. The standard InChI is InChI=1S/C19H24N4O2S/c1-13(2)10-22-17(24)12-26-18-21-20-16(23(18)22)11-25-15-8-6-14(7-9-15)19(3,4)5/h6-9H,1,10-12H2,2-5H3. The molecule has 0 saturated carbocycles. The molecule has 0 spiro atoms. The van der Waals surface area contributed by atoms with Gasteiger partial charge >= 0.3 is 0 Å². The first-order chi connectivity index (χ1) is 12.3. The SMILES string of the molecule is C=C(C)CN1C(=O)CSc2nnc(COc3ccc(C(C)(C)C)cc3)n21. The van der Waals surface area contributed by atoms with Crippen LogP contribution in [-0.2, 0) is 16.8 Å². The van der Waals surface area contributed by atoms with Crippen LogP contribution in [0.2, 0.25) is 0 Å². The molecule has 0 N–H and O–H groups in total. The van der Waals surface area contributed by atoms with Crippen molar-refractivity contribution in [1.82, 2.24) is 14.9 Å². The Hall–Kier alpha value is -2.28. The molecule has 0 radical (unpaired) electrons. The molecule has 3 rings (SSSR count). The lowest BCUT2D eigenvalue weighted by molar-refractivity contribution is -0.118. The van der Waals surface area contributed by atoms with Crippen molar-refractivity contribution in [3.05, 3.63) is 47.8 Å². The van der Waals surface area contributed by atoms with E-state index in [2.05, 4.69) is 49.7 Å². The summed E-state index contributed by atoms with van der Waals surface area (Å²) in [5, 5.41) is 10.7. The van der Waals surface area contributed by atoms with Crippen molar-refractivity contribution in [3.63, 3.8) is 0 Å². The van der Waals surface area contributed by atoms with Crippen molar-refractivity contribution in [3.8, 4) is 5.75 Å². The van der Waals surface area contributed by atoms with Crippen LogP contribution in [0.15, 0.2) is 41.6 Å². The number of thioether (sulfide) groups is 1. The number of hydrogen-bond donors (Lipinski definition) is 0. The second kappa shape index (κ2) is 7.15. The third-order valence-electron chi connectivity index (χ3n) is 4.04. The minimum atomic E-state index is 0.0149. The van der Waals surface area contributed by atoms with Gasteiger partial charge in [-0.25, -0.2) is 9.69 Å². The van der Waals surface area contributed by atoms with Crippen LogP contribution < -0.4 is 9.75 Å². The minimum Gasteiger partial charge on any atom is -0.486 e. The van der Waals surface area contributed by atoms with Gasteiger partial charge in [-0.2, -0.15) is 0 Å². The van der Waals surface area contributed by atoms with Crippen LogP contribution in [0.3, 0.4) is 0 Å². The van der Waals surface area contributed by atoms with Gasteiger partial charge < -0.3 is 4.74 Å². The Bertz CT molecular complexity index is 821. The van der Waals surface area contributed by atoms with E-state index < -0.39 is 0 Å². The van der Waals surface area contributed by atoms with Crippen molar-refractivity contribution in [2.75, 3.05) is 17.3 Å². The fourth-order valence-corrected chi connectivity index (χ4v) is 3.47. The summed E-state index contributed by atoms with van der Waals surface area (Å²) in [4.78, 5) is 12.3. The molecular formula is C19H24N4O2S. The molecule has 1 aliphatic heterocycles. The molecule has 0 atom stereocenters. The fraction of sp³-hybridized carbons (Fsp3) is 0.421. The summed E-state index contributed by atoms with van der Waals surface area (Å²) >= 11 is 1.39. The molecule has 0 fully saturated rings. The first-order valence-corrected chi connectivity index (χ1v) is 9.50. The number of amides is 1. The van der Waals surface area contributed by atoms with Gasteiger partial charge in [-0.1, -0.05) is 56.8 Å². The molecule has 0 aliphatic carbocycles. The van der Waals surface area contributed by atoms with E-state index in [0.717, 1.165) is 11.3 Å². The molecule has 2 heterocycles. The molecule has 26 heavy (non-hydrogen) atoms. The van der Waals surface area contributed by atoms with E-state index in [1.54, 1.807) is 9.69 Å². The maximum Gasteiger partial charge on any atom is 0.252 e. The smallest absolute Gasteiger partial charge is 0.252 e. The molecule has 0 unspecified atom stereocenters. The van der Waals surface area contributed by atoms with E-state index in [4.69, 9.17) is 4.74 Å². The zero-order valence-electron chi connectivity index (χ0n) is 15.7. The molecule has 7 heteroatoms. The molecule has 2 aromatic rings. The first kappa shape index (κ1) is 18.5. The van der Waals surface area contributed by atoms with Crippen molar-refractivity contribution in [2.45, 2.75) is 44.9 Å². The molecule has 6 nitrogen and oxygen atoms in total. The summed E-state index contributed by atoms with van der Waals surface area (Å²) in [7, 11) is 0. The van der Waals surface area contributed by atoms with Gasteiger partial charge in [0, 0.05) is 0 Å². The molecule has 1 aliphatic rings. The molecular weight excluding hydrogens is 348 g/mol. The summed E-state index contributed by atoms with van der Waals surface area (Å²) in [5.41, 5.74) is 2.25. The number of benzene rings is 1. The third-order valence-corrected chi connectivity index (χ3v) is 4.94. The largest absolute Gasteiger partial charge is 0.486 e. The number of fused-ring (bicyclic) bond motifs is 1. The average molecular weight is 372 g/mol. The van der Waals surface area contributed by atoms with E-state index in [1.165, 1.54) is 17.3 Å². The maximum atomic E-state index is 12.3. The number of carbonyl (C=O) groups excluding carboxylic acids is 1. The number of rotatable bonds is 5. The van der Waals surface area contributed by atoms with Crippen LogP contribution in [0.25, 0.3) is 0 Å². The van der Waals surface area contributed by atoms with Gasteiger partial charge in [-0.3, -0.25) is 4.79 Å². The quantitative estimate of drug-likeness (QED) is 0.754. The molecule has 1 aromatic carbocycles. The maximum absolute atomic E-state index is 12.3. The molecule has 1 amide bonds. The Morgan fingerprint density at radius 3 is 2.58 bits per heavy atom. The average Bonchev–Trinajstić information content (AvgIpc) is 2.98. The second-order valence-electron chi connectivity index (χ2n) is 7.47. The summed E-state index contributed by atoms with van der Waals surface area (Å²) in [5.74, 6) is 1.74. The highest BCUT2D eigenvalue weighted by molar-refractivity contribution is 7.99. The highest BCUT2D eigenvalue weighted by Gasteiger charge is 2.29. The zero-order valence-corrected chi connectivity index (χ0v) is 16.5. The fourth-order valence-electron chi connectivity index (χ4n) is 2.64. The van der Waals surface area contributed by atoms with Crippen LogP contribution in [0, 0.1) is 0 Å². The van der Waals surface area contributed by atoms with Crippen LogP contribution in [-0.4, -0.2) is 33.1 Å². The Balaban J connectivity index is 1.76. The van der Waals surface area contributed by atoms with Gasteiger partial charge in [-0.05, 0) is 30.0 Å². The monoisotopic (exact) mass is 372 g/mol. The Morgan fingerprint density at radius 2 is 1.96 bits per heavy atom. The summed E-state index contributed by atoms with van der Waals surface area (Å²) in [6.07, 6.45) is 0. The van der Waals surface area contributed by atoms with Crippen molar-refractivity contribution in [2.24, 2.45) is 0 Å². The molecule has 138 valence electrons. The lowest BCUT2D eigenvalue weighted by Gasteiger charge is -2.29. The Morgan fingerprint density at radius 1 is 1.27 bits per heavy atom. The Kier molecular flexibility index (Phi) is 5.09. The molecule has 0 saturated heterocycles. The Labute approximate surface area is 158 Å². The predicted molar refractivity (Wildman–Crippen MR) is 103 cm³/mol. The number of ether oxygens (including phenoxy) is 1. The van der Waals surface area contributed by atoms with Gasteiger partial charge in [0.15, 0.2) is 5.82 Å². The van der Waals surface area contributed by atoms with E-state index in [1.807, 2.05) is 19.1 Å². The van der Waals surface area contributed by atoms with Crippen molar-refractivity contribution >= 4 is 17.7 Å². The van der Waals surface area contributed by atoms with E-state index >= 15 is 0 Å². The lowest BCUT2D eigenvalue weighted by Crippen LogP contribution is -2.46. The highest BCUT2D eigenvalue weighted by atomic mass is 32.2. The minimum absolute atomic E-state index is 0.0149. The summed E-state index contributed by atoms with van der Waals surface area (Å²) < 4.78 is 7.62. The molecule has 1 aromatic heterocycles. The van der Waals surface area contributed by atoms with E-state index in [-0.39, 0.29) is 17.9 Å². The van der Waals surface area contributed by atoms with Crippen LogP contribution in [0.5, 0.6) is 5.75 Å². The van der Waals surface area contributed by atoms with Crippen LogP contribution in [0.1, 0.15) is 39.1 Å². The van der Waals surface area contributed by atoms with Crippen LogP contribution >= 0.6 is 11.8 Å². The topological polar surface area (TPSA) is 60.3 Å². The lowest BCUT2D eigenvalue weighted by atomic mass is 9.87. The van der Waals surface area contributed by atoms with Gasteiger partial charge in [0.1, 0.15) is 12.4 Å². The molecule has 0 bridgehead atoms. The number of nitrogens with zero attached hydrogens (tertiary/aromatic N) is 4. The third kappa shape index (κ3) is 3.93. The number of hydrogen-bond acceptors (Lipinski definition) is 5. The van der Waals surface area contributed by atoms with E-state index in [0.29, 0.717) is 23.3 Å². The van der Waals surface area contributed by atoms with E-state index in [9.17, 15) is 4.79 Å². The van der Waals surface area contributed by atoms with Gasteiger partial charge in [0.05, 0.1) is 12.3 Å². The van der Waals surface area contributed by atoms with Crippen molar-refractivity contribution < 1.29 is 9.53 Å². The number of carbonyl (C=O) groups is 1. The first-order valence-electron chi connectivity index (χ1n) is 8.51.